The van der Waals surface area contributed by atoms with Gasteiger partial charge in [-0.1, -0.05) is 13.8 Å². The molecule has 6 heteroatoms. The summed E-state index contributed by atoms with van der Waals surface area (Å²) in [7, 11) is 2.07. The summed E-state index contributed by atoms with van der Waals surface area (Å²) in [4.78, 5) is 11.2. The van der Waals surface area contributed by atoms with E-state index in [0.29, 0.717) is 5.92 Å². The molecule has 2 heterocycles. The van der Waals surface area contributed by atoms with Crippen LogP contribution in [0.1, 0.15) is 30.5 Å². The number of rotatable bonds is 4. The molecule has 0 amide bonds. The summed E-state index contributed by atoms with van der Waals surface area (Å²) in [6.07, 6.45) is 0.968. The molecule has 0 fully saturated rings. The number of aliphatic imine (C=N–C) groups is 1. The third kappa shape index (κ3) is 4.08. The molecule has 0 radical (unpaired) electrons. The van der Waals surface area contributed by atoms with Gasteiger partial charge in [-0.3, -0.25) is 4.99 Å². The van der Waals surface area contributed by atoms with Crippen molar-refractivity contribution in [2.45, 2.75) is 26.2 Å². The first kappa shape index (κ1) is 15.7. The van der Waals surface area contributed by atoms with E-state index in [2.05, 4.69) is 46.5 Å². The molecule has 2 rings (SSSR count). The Morgan fingerprint density at radius 1 is 1.50 bits per heavy atom. The molecule has 102 valence electrons. The fraction of sp³-hybridized carbons (Fsp3) is 0.667. The minimum atomic E-state index is 0. The molecular formula is C12H21IN4S. The maximum Gasteiger partial charge on any atom is 0.193 e. The van der Waals surface area contributed by atoms with Gasteiger partial charge < -0.3 is 10.2 Å². The Balaban J connectivity index is 0.00000162. The van der Waals surface area contributed by atoms with Gasteiger partial charge in [0.2, 0.25) is 0 Å². The highest BCUT2D eigenvalue weighted by Gasteiger charge is 2.11. The Morgan fingerprint density at radius 3 is 2.83 bits per heavy atom. The largest absolute Gasteiger partial charge is 0.356 e. The van der Waals surface area contributed by atoms with Gasteiger partial charge >= 0.3 is 0 Å². The Labute approximate surface area is 130 Å². The van der Waals surface area contributed by atoms with Crippen LogP contribution < -0.4 is 5.32 Å². The second-order valence-corrected chi connectivity index (χ2v) is 5.53. The van der Waals surface area contributed by atoms with Gasteiger partial charge in [-0.15, -0.1) is 35.3 Å². The molecule has 0 aromatic carbocycles. The summed E-state index contributed by atoms with van der Waals surface area (Å²) in [6, 6.07) is 0. The van der Waals surface area contributed by atoms with E-state index in [1.807, 2.05) is 0 Å². The van der Waals surface area contributed by atoms with Crippen molar-refractivity contribution >= 4 is 41.3 Å². The van der Waals surface area contributed by atoms with Crippen LogP contribution in [-0.4, -0.2) is 42.5 Å². The van der Waals surface area contributed by atoms with Crippen molar-refractivity contribution in [1.82, 2.24) is 15.2 Å². The average Bonchev–Trinajstić information content (AvgIpc) is 2.89. The first-order valence-electron chi connectivity index (χ1n) is 6.10. The molecule has 4 nitrogen and oxygen atoms in total. The van der Waals surface area contributed by atoms with Crippen LogP contribution in [0.3, 0.4) is 0 Å². The SMILES string of the molecule is CC(C)c1nc(CCNC2=NCCN2C)cs1.I. The topological polar surface area (TPSA) is 40.5 Å². The smallest absolute Gasteiger partial charge is 0.193 e. The van der Waals surface area contributed by atoms with Gasteiger partial charge in [0.15, 0.2) is 5.96 Å². The molecule has 0 bridgehead atoms. The maximum absolute atomic E-state index is 4.62. The summed E-state index contributed by atoms with van der Waals surface area (Å²) < 4.78 is 0. The molecular weight excluding hydrogens is 359 g/mol. The van der Waals surface area contributed by atoms with Crippen LogP contribution in [0.15, 0.2) is 10.4 Å². The van der Waals surface area contributed by atoms with Crippen LogP contribution in [-0.2, 0) is 6.42 Å². The molecule has 0 atom stereocenters. The lowest BCUT2D eigenvalue weighted by Gasteiger charge is -2.14. The molecule has 1 aromatic heterocycles. The van der Waals surface area contributed by atoms with Crippen LogP contribution in [0.4, 0.5) is 0 Å². The van der Waals surface area contributed by atoms with E-state index in [-0.39, 0.29) is 24.0 Å². The predicted octanol–water partition coefficient (Wildman–Crippen LogP) is 2.32. The Bertz CT molecular complexity index is 403. The minimum absolute atomic E-state index is 0. The third-order valence-corrected chi connectivity index (χ3v) is 3.98. The van der Waals surface area contributed by atoms with Gasteiger partial charge in [0, 0.05) is 37.9 Å². The number of thiazole rings is 1. The number of hydrogen-bond acceptors (Lipinski definition) is 5. The maximum atomic E-state index is 4.62. The van der Waals surface area contributed by atoms with Crippen molar-refractivity contribution in [3.8, 4) is 0 Å². The van der Waals surface area contributed by atoms with Crippen LogP contribution in [0.2, 0.25) is 0 Å². The molecule has 1 aliphatic heterocycles. The molecule has 1 aliphatic rings. The lowest BCUT2D eigenvalue weighted by molar-refractivity contribution is 0.534. The quantitative estimate of drug-likeness (QED) is 0.816. The first-order chi connectivity index (χ1) is 8.16. The van der Waals surface area contributed by atoms with Gasteiger partial charge in [-0.2, -0.15) is 0 Å². The highest BCUT2D eigenvalue weighted by molar-refractivity contribution is 14.0. The van der Waals surface area contributed by atoms with Crippen molar-refractivity contribution in [3.63, 3.8) is 0 Å². The summed E-state index contributed by atoms with van der Waals surface area (Å²) in [5, 5.41) is 6.75. The van der Waals surface area contributed by atoms with Gasteiger partial charge in [-0.25, -0.2) is 4.98 Å². The Morgan fingerprint density at radius 2 is 2.28 bits per heavy atom. The number of nitrogens with one attached hydrogen (secondary N) is 1. The van der Waals surface area contributed by atoms with Crippen LogP contribution in [0.25, 0.3) is 0 Å². The number of halogens is 1. The average molecular weight is 380 g/mol. The molecule has 18 heavy (non-hydrogen) atoms. The second-order valence-electron chi connectivity index (χ2n) is 4.64. The van der Waals surface area contributed by atoms with Gasteiger partial charge in [-0.05, 0) is 0 Å². The molecule has 1 N–H and O–H groups in total. The highest BCUT2D eigenvalue weighted by atomic mass is 127. The lowest BCUT2D eigenvalue weighted by atomic mass is 10.2. The Kier molecular flexibility index (Phi) is 6.34. The van der Waals surface area contributed by atoms with E-state index >= 15 is 0 Å². The van der Waals surface area contributed by atoms with E-state index in [1.54, 1.807) is 11.3 Å². The van der Waals surface area contributed by atoms with Crippen molar-refractivity contribution in [3.05, 3.63) is 16.1 Å². The van der Waals surface area contributed by atoms with Crippen LogP contribution in [0, 0.1) is 0 Å². The summed E-state index contributed by atoms with van der Waals surface area (Å²) >= 11 is 1.76. The first-order valence-corrected chi connectivity index (χ1v) is 6.98. The van der Waals surface area contributed by atoms with Gasteiger partial charge in [0.1, 0.15) is 0 Å². The van der Waals surface area contributed by atoms with E-state index in [4.69, 9.17) is 0 Å². The Hall–Kier alpha value is -0.370. The van der Waals surface area contributed by atoms with E-state index in [1.165, 1.54) is 10.7 Å². The molecule has 1 aromatic rings. The van der Waals surface area contributed by atoms with Crippen molar-refractivity contribution in [1.29, 1.82) is 0 Å². The molecule has 0 aliphatic carbocycles. The summed E-state index contributed by atoms with van der Waals surface area (Å²) in [5.74, 6) is 1.55. The zero-order valence-electron chi connectivity index (χ0n) is 11.1. The van der Waals surface area contributed by atoms with Gasteiger partial charge in [0.05, 0.1) is 17.2 Å². The fourth-order valence-electron chi connectivity index (χ4n) is 1.73. The minimum Gasteiger partial charge on any atom is -0.356 e. The number of nitrogens with zero attached hydrogens (tertiary/aromatic N) is 3. The van der Waals surface area contributed by atoms with E-state index in [0.717, 1.165) is 32.0 Å². The molecule has 0 saturated heterocycles. The molecule has 0 spiro atoms. The van der Waals surface area contributed by atoms with Crippen molar-refractivity contribution < 1.29 is 0 Å². The zero-order valence-corrected chi connectivity index (χ0v) is 14.3. The number of aromatic nitrogens is 1. The van der Waals surface area contributed by atoms with Crippen molar-refractivity contribution in [2.75, 3.05) is 26.7 Å². The fourth-order valence-corrected chi connectivity index (χ4v) is 2.60. The van der Waals surface area contributed by atoms with Crippen LogP contribution in [0.5, 0.6) is 0 Å². The number of hydrogen-bond donors (Lipinski definition) is 1. The number of likely N-dealkylation sites (N-methyl/N-ethyl adjacent to an activating group) is 1. The summed E-state index contributed by atoms with van der Waals surface area (Å²) in [6.45, 7) is 7.21. The molecule has 0 unspecified atom stereocenters. The third-order valence-electron chi connectivity index (χ3n) is 2.79. The second kappa shape index (κ2) is 7.28. The highest BCUT2D eigenvalue weighted by Crippen LogP contribution is 2.19. The van der Waals surface area contributed by atoms with Gasteiger partial charge in [0.25, 0.3) is 0 Å². The predicted molar refractivity (Wildman–Crippen MR) is 88.3 cm³/mol. The van der Waals surface area contributed by atoms with Crippen molar-refractivity contribution in [2.24, 2.45) is 4.99 Å². The van der Waals surface area contributed by atoms with Crippen LogP contribution >= 0.6 is 35.3 Å². The zero-order chi connectivity index (χ0) is 12.3. The monoisotopic (exact) mass is 380 g/mol. The standard InChI is InChI=1S/C12H20N4S.HI/c1-9(2)11-15-10(8-17-11)4-5-13-12-14-6-7-16(12)3;/h8-9H,4-7H2,1-3H3,(H,13,14);1H. The number of guanidine groups is 1. The normalized spacial score (nSPS) is 14.7. The lowest BCUT2D eigenvalue weighted by Crippen LogP contribution is -2.36. The van der Waals surface area contributed by atoms with E-state index in [9.17, 15) is 0 Å². The summed E-state index contributed by atoms with van der Waals surface area (Å²) in [5.41, 5.74) is 1.19. The molecule has 0 saturated carbocycles. The van der Waals surface area contributed by atoms with E-state index < -0.39 is 0 Å².